The van der Waals surface area contributed by atoms with E-state index in [2.05, 4.69) is 10.6 Å². The lowest BCUT2D eigenvalue weighted by molar-refractivity contribution is -0.138. The van der Waals surface area contributed by atoms with Crippen LogP contribution in [0, 0.1) is 0 Å². The van der Waals surface area contributed by atoms with Crippen molar-refractivity contribution < 1.29 is 9.59 Å². The maximum atomic E-state index is 12.3. The third-order valence-corrected chi connectivity index (χ3v) is 4.38. The first-order valence-electron chi connectivity index (χ1n) is 7.57. The van der Waals surface area contributed by atoms with Gasteiger partial charge in [0, 0.05) is 25.0 Å². The van der Waals surface area contributed by atoms with Gasteiger partial charge in [-0.25, -0.2) is 0 Å². The molecule has 0 bridgehead atoms. The lowest BCUT2D eigenvalue weighted by Crippen LogP contribution is -2.47. The fourth-order valence-corrected chi connectivity index (χ4v) is 3.12. The molecule has 106 valence electrons. The van der Waals surface area contributed by atoms with Crippen LogP contribution < -0.4 is 10.6 Å². The van der Waals surface area contributed by atoms with Gasteiger partial charge in [0.25, 0.3) is 0 Å². The Labute approximate surface area is 114 Å². The fraction of sp³-hybridized carbons (Fsp3) is 0.857. The summed E-state index contributed by atoms with van der Waals surface area (Å²) in [7, 11) is 0. The number of amides is 2. The summed E-state index contributed by atoms with van der Waals surface area (Å²) in [4.78, 5) is 26.3. The van der Waals surface area contributed by atoms with Crippen molar-refractivity contribution in [3.8, 4) is 0 Å². The van der Waals surface area contributed by atoms with Gasteiger partial charge in [0.1, 0.15) is 6.04 Å². The van der Waals surface area contributed by atoms with Crippen LogP contribution in [0.25, 0.3) is 0 Å². The second kappa shape index (κ2) is 5.49. The quantitative estimate of drug-likeness (QED) is 0.773. The molecule has 5 nitrogen and oxygen atoms in total. The fourth-order valence-electron chi connectivity index (χ4n) is 3.12. The van der Waals surface area contributed by atoms with Gasteiger partial charge in [-0.2, -0.15) is 0 Å². The number of rotatable bonds is 4. The molecule has 2 N–H and O–H groups in total. The molecule has 2 heterocycles. The van der Waals surface area contributed by atoms with Crippen LogP contribution in [0.15, 0.2) is 0 Å². The van der Waals surface area contributed by atoms with Gasteiger partial charge in [0.2, 0.25) is 11.8 Å². The van der Waals surface area contributed by atoms with Crippen LogP contribution in [0.1, 0.15) is 44.9 Å². The SMILES string of the molecule is O=C(NC1CC1)C1CCCN1C(=O)CC1CCCN1. The predicted molar refractivity (Wildman–Crippen MR) is 71.5 cm³/mol. The Hall–Kier alpha value is -1.10. The largest absolute Gasteiger partial charge is 0.352 e. The Bertz CT molecular complexity index is 362. The molecule has 0 radical (unpaired) electrons. The van der Waals surface area contributed by atoms with E-state index in [9.17, 15) is 9.59 Å². The molecular formula is C14H23N3O2. The number of carbonyl (C=O) groups is 2. The summed E-state index contributed by atoms with van der Waals surface area (Å²) in [6, 6.07) is 0.483. The zero-order valence-corrected chi connectivity index (χ0v) is 11.4. The molecular weight excluding hydrogens is 242 g/mol. The average Bonchev–Trinajstić information content (AvgIpc) is 2.91. The Morgan fingerprint density at radius 2 is 2.00 bits per heavy atom. The molecule has 2 atom stereocenters. The van der Waals surface area contributed by atoms with Crippen LogP contribution >= 0.6 is 0 Å². The standard InChI is InChI=1S/C14H23N3O2/c18-13(9-11-3-1-7-15-11)17-8-2-4-12(17)14(19)16-10-5-6-10/h10-12,15H,1-9H2,(H,16,19). The maximum absolute atomic E-state index is 12.3. The molecule has 2 amide bonds. The average molecular weight is 265 g/mol. The van der Waals surface area contributed by atoms with E-state index in [1.165, 1.54) is 0 Å². The molecule has 5 heteroatoms. The number of likely N-dealkylation sites (tertiary alicyclic amines) is 1. The minimum absolute atomic E-state index is 0.0627. The second-order valence-corrected chi connectivity index (χ2v) is 6.03. The summed E-state index contributed by atoms with van der Waals surface area (Å²) in [5, 5.41) is 6.38. The molecule has 2 aliphatic heterocycles. The topological polar surface area (TPSA) is 61.4 Å². The molecule has 1 aliphatic carbocycles. The first kappa shape index (κ1) is 12.9. The van der Waals surface area contributed by atoms with E-state index in [1.54, 1.807) is 4.90 Å². The molecule has 0 spiro atoms. The molecule has 19 heavy (non-hydrogen) atoms. The minimum Gasteiger partial charge on any atom is -0.352 e. The van der Waals surface area contributed by atoms with Gasteiger partial charge in [-0.15, -0.1) is 0 Å². The summed E-state index contributed by atoms with van der Waals surface area (Å²) in [5.41, 5.74) is 0. The van der Waals surface area contributed by atoms with Gasteiger partial charge in [-0.05, 0) is 45.1 Å². The summed E-state index contributed by atoms with van der Waals surface area (Å²) >= 11 is 0. The first-order valence-corrected chi connectivity index (χ1v) is 7.57. The smallest absolute Gasteiger partial charge is 0.243 e. The van der Waals surface area contributed by atoms with E-state index in [0.29, 0.717) is 18.5 Å². The van der Waals surface area contributed by atoms with Gasteiger partial charge >= 0.3 is 0 Å². The van der Waals surface area contributed by atoms with E-state index < -0.39 is 0 Å². The van der Waals surface area contributed by atoms with Crippen molar-refractivity contribution in [2.45, 2.75) is 63.1 Å². The Balaban J connectivity index is 1.54. The lowest BCUT2D eigenvalue weighted by Gasteiger charge is -2.25. The molecule has 2 unspecified atom stereocenters. The van der Waals surface area contributed by atoms with Gasteiger partial charge < -0.3 is 15.5 Å². The normalized spacial score (nSPS) is 30.6. The Morgan fingerprint density at radius 3 is 2.68 bits per heavy atom. The van der Waals surface area contributed by atoms with Crippen LogP contribution in [0.3, 0.4) is 0 Å². The van der Waals surface area contributed by atoms with Gasteiger partial charge in [-0.1, -0.05) is 0 Å². The lowest BCUT2D eigenvalue weighted by atomic mass is 10.1. The van der Waals surface area contributed by atoms with Crippen molar-refractivity contribution in [3.63, 3.8) is 0 Å². The number of nitrogens with one attached hydrogen (secondary N) is 2. The van der Waals surface area contributed by atoms with Crippen LogP contribution in [0.5, 0.6) is 0 Å². The molecule has 3 rings (SSSR count). The molecule has 3 aliphatic rings. The van der Waals surface area contributed by atoms with Crippen LogP contribution in [0.4, 0.5) is 0 Å². The number of carbonyl (C=O) groups excluding carboxylic acids is 2. The van der Waals surface area contributed by atoms with E-state index in [-0.39, 0.29) is 17.9 Å². The van der Waals surface area contributed by atoms with Crippen LogP contribution in [-0.4, -0.2) is 47.9 Å². The van der Waals surface area contributed by atoms with Crippen molar-refractivity contribution in [2.75, 3.05) is 13.1 Å². The monoisotopic (exact) mass is 265 g/mol. The molecule has 0 aromatic rings. The van der Waals surface area contributed by atoms with Gasteiger partial charge in [-0.3, -0.25) is 9.59 Å². The summed E-state index contributed by atoms with van der Waals surface area (Å²) in [6.45, 7) is 1.76. The highest BCUT2D eigenvalue weighted by Crippen LogP contribution is 2.23. The molecule has 0 aromatic carbocycles. The zero-order chi connectivity index (χ0) is 13.2. The summed E-state index contributed by atoms with van der Waals surface area (Å²) in [5.74, 6) is 0.209. The molecule has 3 fully saturated rings. The van der Waals surface area contributed by atoms with Crippen molar-refractivity contribution >= 4 is 11.8 Å². The number of hydrogen-bond acceptors (Lipinski definition) is 3. The minimum atomic E-state index is -0.213. The number of hydrogen-bond donors (Lipinski definition) is 2. The maximum Gasteiger partial charge on any atom is 0.243 e. The van der Waals surface area contributed by atoms with Crippen LogP contribution in [0.2, 0.25) is 0 Å². The summed E-state index contributed by atoms with van der Waals surface area (Å²) in [6.07, 6.45) is 6.75. The Kier molecular flexibility index (Phi) is 3.73. The third-order valence-electron chi connectivity index (χ3n) is 4.38. The van der Waals surface area contributed by atoms with Gasteiger partial charge in [0.15, 0.2) is 0 Å². The Morgan fingerprint density at radius 1 is 1.16 bits per heavy atom. The van der Waals surface area contributed by atoms with Crippen LogP contribution in [-0.2, 0) is 9.59 Å². The zero-order valence-electron chi connectivity index (χ0n) is 11.4. The van der Waals surface area contributed by atoms with E-state index in [0.717, 1.165) is 51.6 Å². The van der Waals surface area contributed by atoms with E-state index in [4.69, 9.17) is 0 Å². The predicted octanol–water partition coefficient (Wildman–Crippen LogP) is 0.398. The van der Waals surface area contributed by atoms with Crippen molar-refractivity contribution in [2.24, 2.45) is 0 Å². The highest BCUT2D eigenvalue weighted by molar-refractivity contribution is 5.88. The first-order chi connectivity index (χ1) is 9.24. The van der Waals surface area contributed by atoms with Crippen molar-refractivity contribution in [3.05, 3.63) is 0 Å². The van der Waals surface area contributed by atoms with E-state index in [1.807, 2.05) is 0 Å². The number of nitrogens with zero attached hydrogens (tertiary/aromatic N) is 1. The highest BCUT2D eigenvalue weighted by atomic mass is 16.2. The summed E-state index contributed by atoms with van der Waals surface area (Å²) < 4.78 is 0. The second-order valence-electron chi connectivity index (χ2n) is 6.03. The van der Waals surface area contributed by atoms with Gasteiger partial charge in [0.05, 0.1) is 0 Å². The third kappa shape index (κ3) is 3.08. The highest BCUT2D eigenvalue weighted by Gasteiger charge is 2.36. The van der Waals surface area contributed by atoms with E-state index >= 15 is 0 Å². The van der Waals surface area contributed by atoms with Crippen molar-refractivity contribution in [1.82, 2.24) is 15.5 Å². The molecule has 2 saturated heterocycles. The van der Waals surface area contributed by atoms with Crippen molar-refractivity contribution in [1.29, 1.82) is 0 Å². The molecule has 0 aromatic heterocycles. The molecule has 1 saturated carbocycles.